The van der Waals surface area contributed by atoms with Crippen LogP contribution in [0.1, 0.15) is 25.7 Å². The third-order valence-electron chi connectivity index (χ3n) is 3.74. The smallest absolute Gasteiger partial charge is 0.414 e. The first kappa shape index (κ1) is 32.7. The topological polar surface area (TPSA) is 278 Å². The molecule has 0 radical (unpaired) electrons. The second-order valence-electron chi connectivity index (χ2n) is 6.49. The highest BCUT2D eigenvalue weighted by Crippen LogP contribution is 2.09. The van der Waals surface area contributed by atoms with Gasteiger partial charge in [-0.25, -0.2) is 33.8 Å². The lowest BCUT2D eigenvalue weighted by Gasteiger charge is -2.26. The Labute approximate surface area is 198 Å². The second kappa shape index (κ2) is 19.0. The normalized spacial score (nSPS) is 12.0. The summed E-state index contributed by atoms with van der Waals surface area (Å²) in [5, 5.41) is 47.7. The van der Waals surface area contributed by atoms with Gasteiger partial charge in [0.25, 0.3) is 0 Å². The second-order valence-corrected chi connectivity index (χ2v) is 6.49. The Kier molecular flexibility index (Phi) is 17.8. The van der Waals surface area contributed by atoms with Crippen LogP contribution in [0, 0.1) is 0 Å². The Morgan fingerprint density at radius 2 is 1.20 bits per heavy atom. The number of nitrogens with one attached hydrogen (secondary N) is 1. The van der Waals surface area contributed by atoms with Crippen molar-refractivity contribution in [2.45, 2.75) is 25.7 Å². The minimum atomic E-state index is -1.82. The maximum Gasteiger partial charge on any atom is 0.414 e. The van der Waals surface area contributed by atoms with Gasteiger partial charge in [-0.15, -0.1) is 0 Å². The fourth-order valence-electron chi connectivity index (χ4n) is 2.21. The molecule has 196 valence electrons. The van der Waals surface area contributed by atoms with Gasteiger partial charge in [-0.05, 0) is 51.0 Å². The van der Waals surface area contributed by atoms with E-state index < -0.39 is 35.8 Å². The predicted octanol–water partition coefficient (Wildman–Crippen LogP) is -0.581. The lowest BCUT2D eigenvalue weighted by Crippen LogP contribution is -2.31. The lowest BCUT2D eigenvalue weighted by molar-refractivity contribution is -0.159. The molecule has 16 nitrogen and oxygen atoms in total. The number of nitrogens with zero attached hydrogens (tertiary/aromatic N) is 2. The predicted molar refractivity (Wildman–Crippen MR) is 118 cm³/mol. The molecule has 0 unspecified atom stereocenters. The monoisotopic (exact) mass is 504 g/mol. The Morgan fingerprint density at radius 1 is 0.771 bits per heavy atom. The van der Waals surface area contributed by atoms with E-state index in [1.54, 1.807) is 6.20 Å². The summed E-state index contributed by atoms with van der Waals surface area (Å²) in [4.78, 5) is 61.4. The quantitative estimate of drug-likeness (QED) is 0.184. The van der Waals surface area contributed by atoms with Gasteiger partial charge in [0.1, 0.15) is 5.82 Å². The van der Waals surface area contributed by atoms with E-state index in [-0.39, 0.29) is 0 Å². The van der Waals surface area contributed by atoms with Gasteiger partial charge in [0, 0.05) is 6.54 Å². The molecule has 0 amide bonds. The van der Waals surface area contributed by atoms with Crippen LogP contribution in [0.5, 0.6) is 0 Å². The van der Waals surface area contributed by atoms with Crippen LogP contribution in [0.15, 0.2) is 18.3 Å². The molecule has 0 aromatic carbocycles. The van der Waals surface area contributed by atoms with Gasteiger partial charge in [0.15, 0.2) is 0 Å². The molecule has 2 rings (SSSR count). The molecule has 9 N–H and O–H groups in total. The van der Waals surface area contributed by atoms with Crippen LogP contribution in [0.2, 0.25) is 0 Å². The summed E-state index contributed by atoms with van der Waals surface area (Å²) >= 11 is 0. The largest absolute Gasteiger partial charge is 0.473 e. The molecule has 0 atom stereocenters. The zero-order valence-corrected chi connectivity index (χ0v) is 18.5. The Bertz CT molecular complexity index is 746. The molecule has 16 heteroatoms. The average Bonchev–Trinajstić information content (AvgIpc) is 2.79. The van der Waals surface area contributed by atoms with E-state index >= 15 is 0 Å². The number of likely N-dealkylation sites (tertiary alicyclic amines) is 1. The number of pyridine rings is 1. The summed E-state index contributed by atoms with van der Waals surface area (Å²) in [6.45, 7) is 4.73. The van der Waals surface area contributed by atoms with E-state index in [4.69, 9.17) is 65.1 Å². The number of hydrogen-bond acceptors (Lipinski definition) is 10. The molecule has 1 aromatic rings. The van der Waals surface area contributed by atoms with Crippen molar-refractivity contribution >= 4 is 47.3 Å². The number of carbonyl (C=O) groups is 6. The van der Waals surface area contributed by atoms with E-state index in [2.05, 4.69) is 15.2 Å². The summed E-state index contributed by atoms with van der Waals surface area (Å²) in [7, 11) is 0. The van der Waals surface area contributed by atoms with E-state index in [0.717, 1.165) is 12.4 Å². The van der Waals surface area contributed by atoms with Crippen LogP contribution in [-0.2, 0) is 28.8 Å². The number of aromatic nitrogens is 1. The van der Waals surface area contributed by atoms with Gasteiger partial charge >= 0.3 is 35.8 Å². The molecular formula is C19H28N4O12. The number of rotatable bonds is 5. The van der Waals surface area contributed by atoms with Crippen LogP contribution in [0.4, 0.5) is 11.5 Å². The molecule has 35 heavy (non-hydrogen) atoms. The first-order chi connectivity index (χ1) is 16.3. The van der Waals surface area contributed by atoms with Crippen molar-refractivity contribution in [1.29, 1.82) is 0 Å². The minimum absolute atomic E-state index is 0.712. The third kappa shape index (κ3) is 21.1. The van der Waals surface area contributed by atoms with Crippen molar-refractivity contribution in [3.8, 4) is 0 Å². The van der Waals surface area contributed by atoms with Crippen LogP contribution in [0.25, 0.3) is 0 Å². The molecule has 0 bridgehead atoms. The van der Waals surface area contributed by atoms with Gasteiger partial charge in [-0.1, -0.05) is 6.42 Å². The Hall–Kier alpha value is -4.47. The van der Waals surface area contributed by atoms with Crippen molar-refractivity contribution in [2.75, 3.05) is 37.2 Å². The number of carboxylic acids is 6. The van der Waals surface area contributed by atoms with E-state index in [0.29, 0.717) is 5.69 Å². The van der Waals surface area contributed by atoms with Crippen LogP contribution >= 0.6 is 0 Å². The molecule has 0 saturated carbocycles. The Balaban J connectivity index is 0. The fourth-order valence-corrected chi connectivity index (χ4v) is 2.21. The van der Waals surface area contributed by atoms with Crippen molar-refractivity contribution in [3.63, 3.8) is 0 Å². The summed E-state index contributed by atoms with van der Waals surface area (Å²) in [6.07, 6.45) is 7.00. The summed E-state index contributed by atoms with van der Waals surface area (Å²) in [5.74, 6) is -10.0. The van der Waals surface area contributed by atoms with Gasteiger partial charge in [-0.2, -0.15) is 0 Å². The van der Waals surface area contributed by atoms with Crippen LogP contribution in [-0.4, -0.2) is 103 Å². The summed E-state index contributed by atoms with van der Waals surface area (Å²) in [5.41, 5.74) is 6.29. The highest BCUT2D eigenvalue weighted by Gasteiger charge is 2.08. The van der Waals surface area contributed by atoms with Gasteiger partial charge in [-0.3, -0.25) is 0 Å². The van der Waals surface area contributed by atoms with Crippen LogP contribution < -0.4 is 11.1 Å². The number of nitrogens with two attached hydrogens (primary N) is 1. The maximum atomic E-state index is 9.10. The number of anilines is 2. The molecule has 1 aliphatic heterocycles. The first-order valence-corrected chi connectivity index (χ1v) is 9.84. The molecule has 1 fully saturated rings. The van der Waals surface area contributed by atoms with Crippen molar-refractivity contribution < 1.29 is 59.4 Å². The molecule has 1 aromatic heterocycles. The Morgan fingerprint density at radius 3 is 1.54 bits per heavy atom. The zero-order chi connectivity index (χ0) is 27.4. The SMILES string of the molecule is Nc1ccc(NCCCN2CCCCC2)nc1.O=C(O)C(=O)O.O=C(O)C(=O)O.O=C(O)C(=O)O. The van der Waals surface area contributed by atoms with Crippen molar-refractivity contribution in [1.82, 2.24) is 9.88 Å². The summed E-state index contributed by atoms with van der Waals surface area (Å²) < 4.78 is 0. The highest BCUT2D eigenvalue weighted by atomic mass is 16.5. The van der Waals surface area contributed by atoms with Gasteiger partial charge in [0.2, 0.25) is 0 Å². The number of hydrogen-bond donors (Lipinski definition) is 8. The third-order valence-corrected chi connectivity index (χ3v) is 3.74. The van der Waals surface area contributed by atoms with Crippen molar-refractivity contribution in [2.24, 2.45) is 0 Å². The number of carboxylic acid groups (broad SMARTS) is 6. The lowest BCUT2D eigenvalue weighted by atomic mass is 10.1. The maximum absolute atomic E-state index is 9.10. The minimum Gasteiger partial charge on any atom is -0.473 e. The molecular weight excluding hydrogens is 476 g/mol. The van der Waals surface area contributed by atoms with E-state index in [9.17, 15) is 0 Å². The number of nitrogen functional groups attached to an aromatic ring is 1. The van der Waals surface area contributed by atoms with Crippen LogP contribution in [0.3, 0.4) is 0 Å². The van der Waals surface area contributed by atoms with Gasteiger partial charge < -0.3 is 46.6 Å². The molecule has 0 spiro atoms. The molecule has 0 aliphatic carbocycles. The van der Waals surface area contributed by atoms with E-state index in [1.165, 1.54) is 45.3 Å². The van der Waals surface area contributed by atoms with Crippen molar-refractivity contribution in [3.05, 3.63) is 18.3 Å². The van der Waals surface area contributed by atoms with Gasteiger partial charge in [0.05, 0.1) is 11.9 Å². The standard InChI is InChI=1S/C13H22N4.3C2H2O4/c14-12-5-6-13(16-11-12)15-7-4-10-17-8-2-1-3-9-17;3*3-1(4)2(5)6/h5-6,11H,1-4,7-10,14H2,(H,15,16);3*(H,3,4)(H,5,6). The molecule has 2 heterocycles. The molecule has 1 saturated heterocycles. The summed E-state index contributed by atoms with van der Waals surface area (Å²) in [6, 6.07) is 3.80. The fraction of sp³-hybridized carbons (Fsp3) is 0.421. The first-order valence-electron chi connectivity index (χ1n) is 9.84. The zero-order valence-electron chi connectivity index (χ0n) is 18.5. The highest BCUT2D eigenvalue weighted by molar-refractivity contribution is 6.28. The van der Waals surface area contributed by atoms with E-state index in [1.807, 2.05) is 12.1 Å². The number of aliphatic carboxylic acids is 6. The molecule has 1 aliphatic rings. The average molecular weight is 504 g/mol. The number of piperidine rings is 1.